The van der Waals surface area contributed by atoms with Crippen molar-refractivity contribution < 1.29 is 28.4 Å². The molecule has 0 fully saturated rings. The van der Waals surface area contributed by atoms with Gasteiger partial charge in [0, 0.05) is 13.0 Å². The number of carbonyl (C=O) groups is 1. The summed E-state index contributed by atoms with van der Waals surface area (Å²) in [6.45, 7) is 3.88. The molecule has 0 aliphatic carbocycles. The normalized spacial score (nSPS) is 15.5. The summed E-state index contributed by atoms with van der Waals surface area (Å²) in [6, 6.07) is -0.890. The second-order valence-corrected chi connectivity index (χ2v) is 12.1. The number of carbonyl (C=O) groups excluding carboxylic acids is 1. The summed E-state index contributed by atoms with van der Waals surface area (Å²) in [5.41, 5.74) is 5.32. The van der Waals surface area contributed by atoms with Crippen molar-refractivity contribution in [2.45, 2.75) is 122 Å². The molecule has 0 saturated heterocycles. The lowest BCUT2D eigenvalue weighted by Crippen LogP contribution is -2.45. The van der Waals surface area contributed by atoms with Crippen molar-refractivity contribution in [3.8, 4) is 0 Å². The molecule has 252 valence electrons. The van der Waals surface area contributed by atoms with Crippen LogP contribution in [0.25, 0.3) is 0 Å². The third-order valence-corrected chi connectivity index (χ3v) is 7.52. The first-order valence-electron chi connectivity index (χ1n) is 16.6. The minimum Gasteiger partial charge on any atom is -0.387 e. The summed E-state index contributed by atoms with van der Waals surface area (Å²) in [4.78, 5) is 22.4. The molecule has 9 heteroatoms. The maximum Gasteiger partial charge on any atom is 0.472 e. The Labute approximate surface area is 267 Å². The van der Waals surface area contributed by atoms with Crippen LogP contribution in [0, 0.1) is 0 Å². The lowest BCUT2D eigenvalue weighted by Gasteiger charge is -2.23. The highest BCUT2D eigenvalue weighted by molar-refractivity contribution is 7.47. The van der Waals surface area contributed by atoms with Crippen LogP contribution in [-0.2, 0) is 18.4 Å². The fourth-order valence-corrected chi connectivity index (χ4v) is 4.81. The molecule has 0 aromatic rings. The third-order valence-electron chi connectivity index (χ3n) is 6.54. The van der Waals surface area contributed by atoms with E-state index in [1.165, 1.54) is 25.7 Å². The van der Waals surface area contributed by atoms with E-state index in [1.807, 2.05) is 6.08 Å². The number of rotatable bonds is 29. The first-order valence-corrected chi connectivity index (χ1v) is 18.1. The van der Waals surface area contributed by atoms with E-state index in [1.54, 1.807) is 6.08 Å². The monoisotopic (exact) mass is 636 g/mol. The van der Waals surface area contributed by atoms with Crippen LogP contribution in [0.15, 0.2) is 72.9 Å². The van der Waals surface area contributed by atoms with Crippen LogP contribution >= 0.6 is 7.82 Å². The van der Waals surface area contributed by atoms with Gasteiger partial charge in [-0.05, 0) is 57.8 Å². The SMILES string of the molecule is CC/C=C\C/C=C\C/C=C\C/C=C\C/C=C\CCCC(=O)NC(COP(=O)(O)OCCN)C(O)/C=C/CCCCCCCC. The molecular weight excluding hydrogens is 575 g/mol. The van der Waals surface area contributed by atoms with Crippen molar-refractivity contribution in [3.05, 3.63) is 72.9 Å². The van der Waals surface area contributed by atoms with Crippen molar-refractivity contribution >= 4 is 13.7 Å². The lowest BCUT2D eigenvalue weighted by atomic mass is 10.1. The van der Waals surface area contributed by atoms with Crippen molar-refractivity contribution in [2.75, 3.05) is 19.8 Å². The zero-order chi connectivity index (χ0) is 32.6. The van der Waals surface area contributed by atoms with Gasteiger partial charge in [-0.1, -0.05) is 119 Å². The van der Waals surface area contributed by atoms with Crippen molar-refractivity contribution in [1.82, 2.24) is 5.32 Å². The minimum absolute atomic E-state index is 0.0652. The van der Waals surface area contributed by atoms with Gasteiger partial charge >= 0.3 is 7.82 Å². The van der Waals surface area contributed by atoms with Gasteiger partial charge < -0.3 is 21.1 Å². The number of nitrogens with one attached hydrogen (secondary N) is 1. The van der Waals surface area contributed by atoms with E-state index < -0.39 is 20.0 Å². The summed E-state index contributed by atoms with van der Waals surface area (Å²) in [5.74, 6) is -0.259. The van der Waals surface area contributed by atoms with E-state index in [4.69, 9.17) is 14.8 Å². The van der Waals surface area contributed by atoms with E-state index in [2.05, 4.69) is 79.9 Å². The molecule has 0 aromatic heterocycles. The third kappa shape index (κ3) is 28.7. The van der Waals surface area contributed by atoms with Gasteiger partial charge in [0.15, 0.2) is 0 Å². The van der Waals surface area contributed by atoms with Gasteiger partial charge in [-0.25, -0.2) is 4.57 Å². The topological polar surface area (TPSA) is 131 Å². The van der Waals surface area contributed by atoms with E-state index in [-0.39, 0.29) is 32.1 Å². The quantitative estimate of drug-likeness (QED) is 0.0370. The Kier molecular flexibility index (Phi) is 29.5. The fourth-order valence-electron chi connectivity index (χ4n) is 4.05. The Morgan fingerprint density at radius 1 is 0.773 bits per heavy atom. The number of aliphatic hydroxyl groups is 1. The predicted molar refractivity (Wildman–Crippen MR) is 184 cm³/mol. The predicted octanol–water partition coefficient (Wildman–Crippen LogP) is 8.15. The lowest BCUT2D eigenvalue weighted by molar-refractivity contribution is -0.122. The Bertz CT molecular complexity index is 913. The minimum atomic E-state index is -4.34. The summed E-state index contributed by atoms with van der Waals surface area (Å²) in [7, 11) is -4.34. The van der Waals surface area contributed by atoms with Crippen LogP contribution in [0.4, 0.5) is 0 Å². The molecule has 44 heavy (non-hydrogen) atoms. The Hall–Kier alpha value is -2.06. The highest BCUT2D eigenvalue weighted by Crippen LogP contribution is 2.43. The van der Waals surface area contributed by atoms with Gasteiger partial charge in [-0.15, -0.1) is 0 Å². The van der Waals surface area contributed by atoms with Gasteiger partial charge in [-0.2, -0.15) is 0 Å². The molecule has 5 N–H and O–H groups in total. The molecule has 0 aliphatic heterocycles. The first kappa shape index (κ1) is 41.9. The summed E-state index contributed by atoms with van der Waals surface area (Å²) < 4.78 is 21.9. The number of unbranched alkanes of at least 4 members (excludes halogenated alkanes) is 7. The summed E-state index contributed by atoms with van der Waals surface area (Å²) in [5, 5.41) is 13.4. The van der Waals surface area contributed by atoms with Crippen LogP contribution in [0.3, 0.4) is 0 Å². The molecule has 0 rings (SSSR count). The number of aliphatic hydroxyl groups excluding tert-OH is 1. The van der Waals surface area contributed by atoms with Crippen molar-refractivity contribution in [3.63, 3.8) is 0 Å². The zero-order valence-corrected chi connectivity index (χ0v) is 28.3. The molecule has 0 aromatic carbocycles. The second kappa shape index (κ2) is 30.9. The van der Waals surface area contributed by atoms with Gasteiger partial charge in [0.2, 0.25) is 5.91 Å². The Balaban J connectivity index is 4.47. The second-order valence-electron chi connectivity index (χ2n) is 10.6. The number of nitrogens with two attached hydrogens (primary N) is 1. The number of hydrogen-bond donors (Lipinski definition) is 4. The zero-order valence-electron chi connectivity index (χ0n) is 27.4. The highest BCUT2D eigenvalue weighted by atomic mass is 31.2. The van der Waals surface area contributed by atoms with Gasteiger partial charge in [0.25, 0.3) is 0 Å². The Morgan fingerprint density at radius 3 is 1.91 bits per heavy atom. The van der Waals surface area contributed by atoms with E-state index in [0.29, 0.717) is 6.42 Å². The highest BCUT2D eigenvalue weighted by Gasteiger charge is 2.26. The summed E-state index contributed by atoms with van der Waals surface area (Å²) >= 11 is 0. The fraction of sp³-hybridized carbons (Fsp3) is 0.629. The molecule has 0 heterocycles. The number of allylic oxidation sites excluding steroid dienone is 11. The van der Waals surface area contributed by atoms with Crippen LogP contribution in [-0.4, -0.2) is 47.8 Å². The smallest absolute Gasteiger partial charge is 0.387 e. The molecule has 8 nitrogen and oxygen atoms in total. The largest absolute Gasteiger partial charge is 0.472 e. The Morgan fingerprint density at radius 2 is 1.32 bits per heavy atom. The maximum atomic E-state index is 12.6. The molecule has 0 saturated carbocycles. The summed E-state index contributed by atoms with van der Waals surface area (Å²) in [6.07, 6.45) is 38.2. The number of hydrogen-bond acceptors (Lipinski definition) is 6. The molecule has 0 aliphatic rings. The molecule has 0 spiro atoms. The molecule has 3 unspecified atom stereocenters. The van der Waals surface area contributed by atoms with Crippen LogP contribution in [0.2, 0.25) is 0 Å². The molecule has 0 bridgehead atoms. The maximum absolute atomic E-state index is 12.6. The number of phosphoric ester groups is 1. The standard InChI is InChI=1S/C35H61N2O6P/c1-3-5-7-9-11-13-14-15-16-17-18-19-20-21-23-25-27-29-35(39)37-33(32-43-44(40,41)42-31-30-36)34(38)28-26-24-22-12-10-8-6-4-2/h5,7,11,13,15-16,18-19,21,23,26,28,33-34,38H,3-4,6,8-10,12,14,17,20,22,24-25,27,29-32,36H2,1-2H3,(H,37,39)(H,40,41)/b7-5-,13-11-,16-15-,19-18-,23-21-,28-26+. The molecule has 0 radical (unpaired) electrons. The van der Waals surface area contributed by atoms with Crippen LogP contribution in [0.5, 0.6) is 0 Å². The van der Waals surface area contributed by atoms with Crippen LogP contribution < -0.4 is 11.1 Å². The van der Waals surface area contributed by atoms with E-state index in [9.17, 15) is 19.4 Å². The van der Waals surface area contributed by atoms with E-state index >= 15 is 0 Å². The van der Waals surface area contributed by atoms with Gasteiger partial charge in [0.05, 0.1) is 25.4 Å². The molecule has 3 atom stereocenters. The number of phosphoric acid groups is 1. The average Bonchev–Trinajstić information content (AvgIpc) is 3.01. The van der Waals surface area contributed by atoms with Gasteiger partial charge in [0.1, 0.15) is 0 Å². The van der Waals surface area contributed by atoms with Crippen molar-refractivity contribution in [2.24, 2.45) is 5.73 Å². The van der Waals surface area contributed by atoms with Crippen molar-refractivity contribution in [1.29, 1.82) is 0 Å². The van der Waals surface area contributed by atoms with Crippen LogP contribution in [0.1, 0.15) is 110 Å². The average molecular weight is 637 g/mol. The molecule has 1 amide bonds. The van der Waals surface area contributed by atoms with Gasteiger partial charge in [-0.3, -0.25) is 13.8 Å². The first-order chi connectivity index (χ1) is 21.4. The number of amides is 1. The molecular formula is C35H61N2O6P. The van der Waals surface area contributed by atoms with E-state index in [0.717, 1.165) is 57.8 Å².